The van der Waals surface area contributed by atoms with Crippen LogP contribution in [0.5, 0.6) is 0 Å². The maximum Gasteiger partial charge on any atom is 0.326 e. The second-order valence-electron chi connectivity index (χ2n) is 11.8. The summed E-state index contributed by atoms with van der Waals surface area (Å²) < 4.78 is 0. The largest absolute Gasteiger partial charge is 0.481 e. The Balaban J connectivity index is 1.24. The molecular weight excluding hydrogens is 622 g/mol. The predicted octanol–water partition coefficient (Wildman–Crippen LogP) is 0.398. The number of amides is 4. The molecule has 1 aliphatic heterocycles. The van der Waals surface area contributed by atoms with E-state index in [4.69, 9.17) is 10.8 Å². The van der Waals surface area contributed by atoms with Crippen molar-refractivity contribution in [3.05, 3.63) is 72.1 Å². The van der Waals surface area contributed by atoms with Crippen molar-refractivity contribution in [1.29, 1.82) is 0 Å². The summed E-state index contributed by atoms with van der Waals surface area (Å²) in [5, 5.41) is 28.0. The second-order valence-corrected chi connectivity index (χ2v) is 11.8. The normalized spacial score (nSPS) is 16.3. The summed E-state index contributed by atoms with van der Waals surface area (Å²) in [4.78, 5) is 83.4. The summed E-state index contributed by atoms with van der Waals surface area (Å²) in [6.07, 6.45) is 3.59. The Labute approximate surface area is 274 Å². The van der Waals surface area contributed by atoms with Gasteiger partial charge in [0.1, 0.15) is 18.1 Å². The minimum atomic E-state index is -1.40. The summed E-state index contributed by atoms with van der Waals surface area (Å²) in [6.45, 7) is -0.315. The number of fused-ring (bicyclic) bond motifs is 2. The number of aromatic nitrogens is 2. The molecule has 1 saturated heterocycles. The van der Waals surface area contributed by atoms with Crippen molar-refractivity contribution in [3.63, 3.8) is 0 Å². The Morgan fingerprint density at radius 3 is 2.02 bits per heavy atom. The Kier molecular flexibility index (Phi) is 10.4. The third-order valence-electron chi connectivity index (χ3n) is 8.44. The van der Waals surface area contributed by atoms with E-state index in [-0.39, 0.29) is 19.4 Å². The molecule has 48 heavy (non-hydrogen) atoms. The van der Waals surface area contributed by atoms with Gasteiger partial charge in [0.05, 0.1) is 19.0 Å². The number of aromatic amines is 2. The number of nitrogens with one attached hydrogen (secondary N) is 5. The number of nitrogens with two attached hydrogens (primary N) is 1. The minimum absolute atomic E-state index is 0.0175. The zero-order chi connectivity index (χ0) is 34.4. The molecule has 4 aromatic rings. The Morgan fingerprint density at radius 2 is 1.44 bits per heavy atom. The summed E-state index contributed by atoms with van der Waals surface area (Å²) in [5.41, 5.74) is 8.85. The first kappa shape index (κ1) is 33.7. The highest BCUT2D eigenvalue weighted by molar-refractivity contribution is 5.96. The number of para-hydroxylation sites is 2. The van der Waals surface area contributed by atoms with Crippen LogP contribution in [-0.4, -0.2) is 97.9 Å². The number of hydrogen-bond donors (Lipinski definition) is 8. The van der Waals surface area contributed by atoms with E-state index >= 15 is 0 Å². The highest BCUT2D eigenvalue weighted by Crippen LogP contribution is 2.23. The maximum atomic E-state index is 13.9. The number of H-pyrrole nitrogens is 2. The van der Waals surface area contributed by atoms with Crippen LogP contribution in [-0.2, 0) is 41.6 Å². The molecule has 2 aromatic heterocycles. The van der Waals surface area contributed by atoms with Crippen LogP contribution in [0.3, 0.4) is 0 Å². The summed E-state index contributed by atoms with van der Waals surface area (Å²) >= 11 is 0. The second kappa shape index (κ2) is 14.8. The molecule has 1 fully saturated rings. The maximum absolute atomic E-state index is 13.9. The number of rotatable bonds is 14. The molecule has 3 heterocycles. The van der Waals surface area contributed by atoms with Gasteiger partial charge in [0.15, 0.2) is 0 Å². The van der Waals surface area contributed by atoms with E-state index in [2.05, 4.69) is 25.9 Å². The molecule has 15 heteroatoms. The van der Waals surface area contributed by atoms with Gasteiger partial charge in [-0.05, 0) is 36.1 Å². The summed E-state index contributed by atoms with van der Waals surface area (Å²) in [6, 6.07) is 9.98. The minimum Gasteiger partial charge on any atom is -0.481 e. The van der Waals surface area contributed by atoms with E-state index in [1.165, 1.54) is 4.90 Å². The van der Waals surface area contributed by atoms with Gasteiger partial charge in [-0.1, -0.05) is 36.4 Å². The third kappa shape index (κ3) is 7.81. The molecule has 4 amide bonds. The van der Waals surface area contributed by atoms with Crippen LogP contribution < -0.4 is 21.7 Å². The number of carbonyl (C=O) groups is 6. The van der Waals surface area contributed by atoms with E-state index in [0.29, 0.717) is 24.0 Å². The van der Waals surface area contributed by atoms with Crippen LogP contribution in [0.4, 0.5) is 0 Å². The average molecular weight is 660 g/mol. The van der Waals surface area contributed by atoms with Gasteiger partial charge in [-0.3, -0.25) is 24.0 Å². The van der Waals surface area contributed by atoms with Crippen molar-refractivity contribution in [1.82, 2.24) is 30.8 Å². The molecule has 0 radical (unpaired) electrons. The highest BCUT2D eigenvalue weighted by atomic mass is 16.4. The first-order valence-corrected chi connectivity index (χ1v) is 15.5. The molecule has 0 spiro atoms. The van der Waals surface area contributed by atoms with E-state index in [1.807, 2.05) is 48.5 Å². The molecular formula is C33H37N7O8. The van der Waals surface area contributed by atoms with Crippen LogP contribution in [0, 0.1) is 0 Å². The fraction of sp³-hybridized carbons (Fsp3) is 0.333. The lowest BCUT2D eigenvalue weighted by atomic mass is 10.0. The molecule has 0 saturated carbocycles. The lowest BCUT2D eigenvalue weighted by molar-refractivity contribution is -0.143. The van der Waals surface area contributed by atoms with Gasteiger partial charge in [0.25, 0.3) is 0 Å². The molecule has 1 aliphatic rings. The number of likely N-dealkylation sites (tertiary alicyclic amines) is 1. The summed E-state index contributed by atoms with van der Waals surface area (Å²) in [7, 11) is 0. The van der Waals surface area contributed by atoms with Crippen molar-refractivity contribution in [2.75, 3.05) is 13.1 Å². The summed E-state index contributed by atoms with van der Waals surface area (Å²) in [5.74, 6) is -5.23. The van der Waals surface area contributed by atoms with Crippen LogP contribution >= 0.6 is 0 Å². The molecule has 0 bridgehead atoms. The molecule has 2 aromatic carbocycles. The predicted molar refractivity (Wildman–Crippen MR) is 173 cm³/mol. The van der Waals surface area contributed by atoms with Crippen LogP contribution in [0.1, 0.15) is 30.4 Å². The van der Waals surface area contributed by atoms with E-state index < -0.39 is 72.7 Å². The van der Waals surface area contributed by atoms with Gasteiger partial charge in [-0.15, -0.1) is 0 Å². The van der Waals surface area contributed by atoms with Crippen molar-refractivity contribution in [2.45, 2.75) is 56.3 Å². The molecule has 0 aliphatic carbocycles. The van der Waals surface area contributed by atoms with Crippen LogP contribution in [0.15, 0.2) is 60.9 Å². The first-order valence-electron chi connectivity index (χ1n) is 15.5. The van der Waals surface area contributed by atoms with Crippen molar-refractivity contribution >= 4 is 57.4 Å². The number of carboxylic acid groups (broad SMARTS) is 2. The molecule has 4 atom stereocenters. The highest BCUT2D eigenvalue weighted by Gasteiger charge is 2.38. The molecule has 252 valence electrons. The third-order valence-corrected chi connectivity index (χ3v) is 8.44. The first-order chi connectivity index (χ1) is 23.0. The van der Waals surface area contributed by atoms with Gasteiger partial charge in [0, 0.05) is 53.6 Å². The van der Waals surface area contributed by atoms with Gasteiger partial charge in [0.2, 0.25) is 23.6 Å². The lowest BCUT2D eigenvalue weighted by Gasteiger charge is -2.29. The Hall–Kier alpha value is -5.70. The molecule has 9 N–H and O–H groups in total. The fourth-order valence-corrected chi connectivity index (χ4v) is 6.03. The zero-order valence-corrected chi connectivity index (χ0v) is 25.9. The fourth-order valence-electron chi connectivity index (χ4n) is 6.03. The average Bonchev–Trinajstić information content (AvgIpc) is 3.81. The smallest absolute Gasteiger partial charge is 0.326 e. The molecule has 15 nitrogen and oxygen atoms in total. The van der Waals surface area contributed by atoms with Gasteiger partial charge >= 0.3 is 11.9 Å². The van der Waals surface area contributed by atoms with Crippen LogP contribution in [0.2, 0.25) is 0 Å². The number of aliphatic carboxylic acids is 2. The number of hydrogen-bond acceptors (Lipinski definition) is 7. The number of nitrogens with zero attached hydrogens (tertiary/aromatic N) is 1. The lowest BCUT2D eigenvalue weighted by Crippen LogP contribution is -2.57. The van der Waals surface area contributed by atoms with E-state index in [9.17, 15) is 33.9 Å². The Bertz CT molecular complexity index is 1850. The van der Waals surface area contributed by atoms with Gasteiger partial charge in [-0.2, -0.15) is 0 Å². The number of carbonyl (C=O) groups excluding carboxylic acids is 4. The molecule has 0 unspecified atom stereocenters. The number of benzene rings is 2. The number of carboxylic acids is 2. The zero-order valence-electron chi connectivity index (χ0n) is 25.9. The van der Waals surface area contributed by atoms with Crippen LogP contribution in [0.25, 0.3) is 21.8 Å². The molecule has 5 rings (SSSR count). The van der Waals surface area contributed by atoms with Crippen molar-refractivity contribution in [3.8, 4) is 0 Å². The van der Waals surface area contributed by atoms with E-state index in [1.54, 1.807) is 12.4 Å². The standard InChI is InChI=1S/C33H37N7O8/c34-22(14-29(42)43)30(44)39-25(12-18-15-35-23-8-3-1-6-20(18)23)32(46)40-11-5-10-27(40)31(45)37-17-28(41)38-26(33(47)48)13-19-16-36-24-9-4-2-7-21(19)24/h1-4,6-9,15-16,22,25-27,35-36H,5,10-14,17,34H2,(H,37,45)(H,38,41)(H,39,44)(H,42,43)(H,47,48)/t22-,25-,26-,27-/m0/s1. The van der Waals surface area contributed by atoms with Gasteiger partial charge in [-0.25, -0.2) is 4.79 Å². The monoisotopic (exact) mass is 659 g/mol. The SMILES string of the molecule is N[C@@H](CC(=O)O)C(=O)N[C@@H](Cc1c[nH]c2ccccc12)C(=O)N1CCC[C@H]1C(=O)NCC(=O)N[C@@H](Cc1c[nH]c2ccccc12)C(=O)O. The van der Waals surface area contributed by atoms with Crippen molar-refractivity contribution < 1.29 is 39.0 Å². The topological polar surface area (TPSA) is 240 Å². The Morgan fingerprint density at radius 1 is 0.854 bits per heavy atom. The van der Waals surface area contributed by atoms with Crippen molar-refractivity contribution in [2.24, 2.45) is 5.73 Å². The van der Waals surface area contributed by atoms with Gasteiger partial charge < -0.3 is 46.8 Å². The quantitative estimate of drug-likeness (QED) is 0.0933. The van der Waals surface area contributed by atoms with E-state index in [0.717, 1.165) is 21.8 Å².